The number of rotatable bonds is 4. The van der Waals surface area contributed by atoms with E-state index in [1.165, 1.54) is 0 Å². The smallest absolute Gasteiger partial charge is 0.280 e. The van der Waals surface area contributed by atoms with E-state index < -0.39 is 6.10 Å². The minimum atomic E-state index is -0.553. The lowest BCUT2D eigenvalue weighted by Crippen LogP contribution is -2.22. The second kappa shape index (κ2) is 5.78. The number of aliphatic hydroxyl groups excluding tert-OH is 1. The van der Waals surface area contributed by atoms with E-state index in [9.17, 15) is 9.90 Å². The zero-order valence-corrected chi connectivity index (χ0v) is 13.2. The van der Waals surface area contributed by atoms with Crippen LogP contribution in [0.2, 0.25) is 0 Å². The van der Waals surface area contributed by atoms with E-state index in [2.05, 4.69) is 21.5 Å². The molecule has 3 atom stereocenters. The maximum atomic E-state index is 11.9. The number of anilines is 1. The third kappa shape index (κ3) is 2.75. The van der Waals surface area contributed by atoms with Gasteiger partial charge in [-0.2, -0.15) is 4.98 Å². The Balaban J connectivity index is 1.94. The summed E-state index contributed by atoms with van der Waals surface area (Å²) in [5.74, 6) is -0.118. The van der Waals surface area contributed by atoms with Gasteiger partial charge >= 0.3 is 0 Å². The van der Waals surface area contributed by atoms with Gasteiger partial charge in [0, 0.05) is 5.92 Å². The van der Waals surface area contributed by atoms with E-state index in [1.54, 1.807) is 10.9 Å². The first-order chi connectivity index (χ1) is 10.9. The summed E-state index contributed by atoms with van der Waals surface area (Å²) < 4.78 is 7.37. The Morgan fingerprint density at radius 1 is 1.61 bits per heavy atom. The minimum Gasteiger partial charge on any atom is -0.392 e. The Kier molecular flexibility index (Phi) is 3.95. The summed E-state index contributed by atoms with van der Waals surface area (Å²) in [5.41, 5.74) is 6.71. The zero-order valence-electron chi connectivity index (χ0n) is 13.2. The number of aromatic nitrogens is 4. The summed E-state index contributed by atoms with van der Waals surface area (Å²) in [6.45, 7) is 8.43. The third-order valence-electron chi connectivity index (χ3n) is 4.23. The lowest BCUT2D eigenvalue weighted by molar-refractivity contribution is 0.0243. The molecule has 4 N–H and O–H groups in total. The molecule has 1 aliphatic carbocycles. The van der Waals surface area contributed by atoms with Crippen molar-refractivity contribution in [3.8, 4) is 0 Å². The van der Waals surface area contributed by atoms with Crippen molar-refractivity contribution in [1.29, 1.82) is 0 Å². The van der Waals surface area contributed by atoms with Crippen molar-refractivity contribution in [2.75, 3.05) is 12.3 Å². The number of aliphatic hydroxyl groups is 1. The molecule has 8 nitrogen and oxygen atoms in total. The Bertz CT molecular complexity index is 794. The molecule has 1 saturated carbocycles. The number of fused-ring (bicyclic) bond motifs is 1. The molecule has 0 aliphatic heterocycles. The highest BCUT2D eigenvalue weighted by Gasteiger charge is 2.38. The molecule has 2 heterocycles. The molecule has 0 aromatic carbocycles. The van der Waals surface area contributed by atoms with E-state index in [0.717, 1.165) is 5.57 Å². The summed E-state index contributed by atoms with van der Waals surface area (Å²) in [5, 5.41) is 10.3. The standard InChI is InChI=1S/C15H21N5O3/c1-7(2)23-5-9-8(3)10(4-11(9)21)20-6-17-12-13(20)18-15(16)19-14(12)22/h6-7,9-11,21H,3-5H2,1-2H3,(H3,16,18,19,22)/t9-,10?,11-/m0/s1. The van der Waals surface area contributed by atoms with Crippen molar-refractivity contribution in [3.05, 3.63) is 28.8 Å². The molecule has 23 heavy (non-hydrogen) atoms. The lowest BCUT2D eigenvalue weighted by Gasteiger charge is -2.19. The lowest BCUT2D eigenvalue weighted by atomic mass is 10.0. The molecule has 1 fully saturated rings. The number of nitrogens with two attached hydrogens (primary N) is 1. The quantitative estimate of drug-likeness (QED) is 0.710. The predicted molar refractivity (Wildman–Crippen MR) is 85.9 cm³/mol. The highest BCUT2D eigenvalue weighted by atomic mass is 16.5. The Morgan fingerprint density at radius 2 is 2.35 bits per heavy atom. The first kappa shape index (κ1) is 15.7. The second-order valence-electron chi connectivity index (χ2n) is 6.16. The fourth-order valence-corrected chi connectivity index (χ4v) is 3.02. The van der Waals surface area contributed by atoms with Gasteiger partial charge in [-0.15, -0.1) is 0 Å². The maximum absolute atomic E-state index is 11.9. The summed E-state index contributed by atoms with van der Waals surface area (Å²) in [6, 6.07) is -0.190. The molecule has 8 heteroatoms. The van der Waals surface area contributed by atoms with E-state index in [1.807, 2.05) is 13.8 Å². The molecule has 0 saturated heterocycles. The Labute approximate surface area is 133 Å². The molecule has 1 aliphatic rings. The number of imidazole rings is 1. The number of H-pyrrole nitrogens is 1. The number of nitrogens with zero attached hydrogens (tertiary/aromatic N) is 3. The second-order valence-corrected chi connectivity index (χ2v) is 6.16. The van der Waals surface area contributed by atoms with E-state index in [0.29, 0.717) is 18.7 Å². The van der Waals surface area contributed by atoms with Gasteiger partial charge in [-0.05, 0) is 25.8 Å². The molecule has 0 bridgehead atoms. The number of ether oxygens (including phenoxy) is 1. The van der Waals surface area contributed by atoms with Gasteiger partial charge in [-0.3, -0.25) is 9.78 Å². The molecule has 0 spiro atoms. The summed E-state index contributed by atoms with van der Waals surface area (Å²) >= 11 is 0. The van der Waals surface area contributed by atoms with Gasteiger partial charge < -0.3 is 20.1 Å². The van der Waals surface area contributed by atoms with Crippen LogP contribution in [0.15, 0.2) is 23.3 Å². The van der Waals surface area contributed by atoms with E-state index >= 15 is 0 Å². The SMILES string of the molecule is C=C1C(n2cnc3c(=O)[nH]c(N)nc32)C[C@H](O)[C@H]1COC(C)C. The van der Waals surface area contributed by atoms with Gasteiger partial charge in [0.05, 0.1) is 31.2 Å². The Morgan fingerprint density at radius 3 is 3.04 bits per heavy atom. The summed E-state index contributed by atoms with van der Waals surface area (Å²) in [6.07, 6.45) is 1.55. The van der Waals surface area contributed by atoms with Gasteiger partial charge in [0.1, 0.15) is 0 Å². The van der Waals surface area contributed by atoms with Crippen molar-refractivity contribution in [2.24, 2.45) is 5.92 Å². The van der Waals surface area contributed by atoms with Crippen LogP contribution in [-0.4, -0.2) is 43.4 Å². The van der Waals surface area contributed by atoms with Crippen LogP contribution in [0, 0.1) is 5.92 Å². The van der Waals surface area contributed by atoms with Crippen LogP contribution >= 0.6 is 0 Å². The van der Waals surface area contributed by atoms with E-state index in [-0.39, 0.29) is 35.1 Å². The minimum absolute atomic E-state index is 0.0353. The van der Waals surface area contributed by atoms with Crippen molar-refractivity contribution >= 4 is 17.1 Å². The van der Waals surface area contributed by atoms with Gasteiger partial charge in [-0.25, -0.2) is 4.98 Å². The largest absolute Gasteiger partial charge is 0.392 e. The highest BCUT2D eigenvalue weighted by molar-refractivity contribution is 5.70. The number of nitrogens with one attached hydrogen (secondary N) is 1. The van der Waals surface area contributed by atoms with Crippen LogP contribution in [0.25, 0.3) is 11.2 Å². The first-order valence-electron chi connectivity index (χ1n) is 7.59. The van der Waals surface area contributed by atoms with E-state index in [4.69, 9.17) is 10.5 Å². The molecular formula is C15H21N5O3. The first-order valence-corrected chi connectivity index (χ1v) is 7.59. The molecular weight excluding hydrogens is 298 g/mol. The van der Waals surface area contributed by atoms with Crippen LogP contribution in [0.5, 0.6) is 0 Å². The topological polar surface area (TPSA) is 119 Å². The number of hydrogen-bond acceptors (Lipinski definition) is 6. The monoisotopic (exact) mass is 319 g/mol. The molecule has 3 rings (SSSR count). The van der Waals surface area contributed by atoms with Crippen LogP contribution in [-0.2, 0) is 4.74 Å². The van der Waals surface area contributed by atoms with Crippen molar-refractivity contribution in [2.45, 2.75) is 38.5 Å². The van der Waals surface area contributed by atoms with Gasteiger partial charge in [0.15, 0.2) is 11.2 Å². The van der Waals surface area contributed by atoms with Crippen LogP contribution in [0.1, 0.15) is 26.3 Å². The van der Waals surface area contributed by atoms with Gasteiger partial charge in [0.2, 0.25) is 5.95 Å². The average Bonchev–Trinajstić information content (AvgIpc) is 2.98. The summed E-state index contributed by atoms with van der Waals surface area (Å²) in [7, 11) is 0. The maximum Gasteiger partial charge on any atom is 0.280 e. The number of hydrogen-bond donors (Lipinski definition) is 3. The molecule has 0 amide bonds. The zero-order chi connectivity index (χ0) is 16.7. The summed E-state index contributed by atoms with van der Waals surface area (Å²) in [4.78, 5) is 22.6. The Hall–Kier alpha value is -2.19. The average molecular weight is 319 g/mol. The number of nitrogen functional groups attached to an aromatic ring is 1. The fourth-order valence-electron chi connectivity index (χ4n) is 3.02. The third-order valence-corrected chi connectivity index (χ3v) is 4.23. The molecule has 1 unspecified atom stereocenters. The van der Waals surface area contributed by atoms with Crippen LogP contribution in [0.3, 0.4) is 0 Å². The van der Waals surface area contributed by atoms with Crippen molar-refractivity contribution < 1.29 is 9.84 Å². The normalized spacial score (nSPS) is 24.9. The van der Waals surface area contributed by atoms with Crippen LogP contribution < -0.4 is 11.3 Å². The molecule has 0 radical (unpaired) electrons. The predicted octanol–water partition coefficient (Wildman–Crippen LogP) is 0.605. The molecule has 124 valence electrons. The van der Waals surface area contributed by atoms with Gasteiger partial charge in [-0.1, -0.05) is 6.58 Å². The van der Waals surface area contributed by atoms with Crippen LogP contribution in [0.4, 0.5) is 5.95 Å². The van der Waals surface area contributed by atoms with Crippen molar-refractivity contribution in [3.63, 3.8) is 0 Å². The highest BCUT2D eigenvalue weighted by Crippen LogP contribution is 2.40. The number of aromatic amines is 1. The molecule has 2 aromatic rings. The molecule has 2 aromatic heterocycles. The van der Waals surface area contributed by atoms with Gasteiger partial charge in [0.25, 0.3) is 5.56 Å². The van der Waals surface area contributed by atoms with Crippen molar-refractivity contribution in [1.82, 2.24) is 19.5 Å². The fraction of sp³-hybridized carbons (Fsp3) is 0.533.